The van der Waals surface area contributed by atoms with Crippen molar-refractivity contribution in [2.45, 2.75) is 58.5 Å². The Morgan fingerprint density at radius 3 is 2.64 bits per heavy atom. The second-order valence-electron chi connectivity index (χ2n) is 7.73. The van der Waals surface area contributed by atoms with Crippen molar-refractivity contribution in [1.29, 1.82) is 0 Å². The van der Waals surface area contributed by atoms with Crippen molar-refractivity contribution in [2.24, 2.45) is 0 Å². The predicted octanol–water partition coefficient (Wildman–Crippen LogP) is 3.43. The zero-order valence-corrected chi connectivity index (χ0v) is 15.9. The first kappa shape index (κ1) is 18.5. The van der Waals surface area contributed by atoms with E-state index in [-0.39, 0.29) is 12.0 Å². The first-order valence-corrected chi connectivity index (χ1v) is 9.78. The van der Waals surface area contributed by atoms with Crippen LogP contribution in [-0.2, 0) is 4.74 Å². The van der Waals surface area contributed by atoms with Crippen molar-refractivity contribution in [3.05, 3.63) is 23.2 Å². The van der Waals surface area contributed by atoms with Crippen LogP contribution in [0.2, 0.25) is 0 Å². The summed E-state index contributed by atoms with van der Waals surface area (Å²) in [6, 6.07) is 1.92. The number of hydrogen-bond donors (Lipinski definition) is 0. The molecule has 140 valence electrons. The van der Waals surface area contributed by atoms with E-state index in [1.807, 2.05) is 17.9 Å². The Hall–Kier alpha value is -1.33. The minimum atomic E-state index is 0.0855. The van der Waals surface area contributed by atoms with Crippen molar-refractivity contribution in [2.75, 3.05) is 39.3 Å². The van der Waals surface area contributed by atoms with E-state index in [1.165, 1.54) is 19.3 Å². The summed E-state index contributed by atoms with van der Waals surface area (Å²) in [5.41, 5.74) is 0.710. The van der Waals surface area contributed by atoms with Gasteiger partial charge in [0.25, 0.3) is 5.91 Å². The summed E-state index contributed by atoms with van der Waals surface area (Å²) in [7, 11) is 0. The van der Waals surface area contributed by atoms with E-state index in [0.717, 1.165) is 50.7 Å². The van der Waals surface area contributed by atoms with E-state index in [1.54, 1.807) is 0 Å². The van der Waals surface area contributed by atoms with Gasteiger partial charge in [-0.1, -0.05) is 20.3 Å². The van der Waals surface area contributed by atoms with Crippen LogP contribution < -0.4 is 0 Å². The molecule has 2 fully saturated rings. The molecule has 0 spiro atoms. The summed E-state index contributed by atoms with van der Waals surface area (Å²) in [4.78, 5) is 17.5. The molecule has 0 aliphatic carbocycles. The maximum atomic E-state index is 13.0. The highest BCUT2D eigenvalue weighted by molar-refractivity contribution is 5.95. The van der Waals surface area contributed by atoms with Gasteiger partial charge in [0.1, 0.15) is 11.5 Å². The molecule has 3 rings (SSSR count). The molecule has 25 heavy (non-hydrogen) atoms. The lowest BCUT2D eigenvalue weighted by Crippen LogP contribution is -2.43. The van der Waals surface area contributed by atoms with Crippen LogP contribution in [0.15, 0.2) is 10.5 Å². The highest BCUT2D eigenvalue weighted by Gasteiger charge is 2.27. The van der Waals surface area contributed by atoms with Gasteiger partial charge in [-0.15, -0.1) is 0 Å². The molecule has 0 radical (unpaired) electrons. The van der Waals surface area contributed by atoms with Crippen molar-refractivity contribution in [3.8, 4) is 0 Å². The summed E-state index contributed by atoms with van der Waals surface area (Å²) in [6.45, 7) is 11.5. The van der Waals surface area contributed by atoms with Gasteiger partial charge in [-0.25, -0.2) is 0 Å². The maximum absolute atomic E-state index is 13.0. The first-order valence-electron chi connectivity index (χ1n) is 9.78. The first-order chi connectivity index (χ1) is 12.0. The number of carbonyl (C=O) groups excluding carboxylic acids is 1. The van der Waals surface area contributed by atoms with Crippen molar-refractivity contribution < 1.29 is 13.9 Å². The molecule has 0 N–H and O–H groups in total. The minimum Gasteiger partial charge on any atom is -0.465 e. The molecule has 2 saturated heterocycles. The van der Waals surface area contributed by atoms with Gasteiger partial charge in [0.2, 0.25) is 0 Å². The average Bonchev–Trinajstić information content (AvgIpc) is 2.84. The monoisotopic (exact) mass is 348 g/mol. The zero-order valence-electron chi connectivity index (χ0n) is 15.9. The number of furan rings is 1. The Balaban J connectivity index is 1.66. The van der Waals surface area contributed by atoms with Crippen LogP contribution in [-0.4, -0.2) is 61.1 Å². The van der Waals surface area contributed by atoms with E-state index in [0.29, 0.717) is 18.0 Å². The third-order valence-electron chi connectivity index (χ3n) is 5.28. The van der Waals surface area contributed by atoms with Crippen LogP contribution in [0, 0.1) is 6.92 Å². The molecular formula is C20H32N2O3. The largest absolute Gasteiger partial charge is 0.465 e. The van der Waals surface area contributed by atoms with Crippen molar-refractivity contribution in [3.63, 3.8) is 0 Å². The van der Waals surface area contributed by atoms with Gasteiger partial charge in [-0.05, 0) is 45.3 Å². The van der Waals surface area contributed by atoms with Crippen LogP contribution in [0.3, 0.4) is 0 Å². The van der Waals surface area contributed by atoms with E-state index < -0.39 is 0 Å². The van der Waals surface area contributed by atoms with Gasteiger partial charge in [0.15, 0.2) is 0 Å². The summed E-state index contributed by atoms with van der Waals surface area (Å²) >= 11 is 0. The van der Waals surface area contributed by atoms with Gasteiger partial charge in [0.05, 0.1) is 11.7 Å². The summed E-state index contributed by atoms with van der Waals surface area (Å²) in [5.74, 6) is 1.99. The highest BCUT2D eigenvalue weighted by atomic mass is 16.5. The fourth-order valence-corrected chi connectivity index (χ4v) is 3.79. The Morgan fingerprint density at radius 1 is 1.20 bits per heavy atom. The number of likely N-dealkylation sites (tertiary alicyclic amines) is 1. The molecule has 2 aliphatic rings. The van der Waals surface area contributed by atoms with Gasteiger partial charge >= 0.3 is 0 Å². The number of ether oxygens (including phenoxy) is 1. The number of aryl methyl sites for hydroxylation is 1. The van der Waals surface area contributed by atoms with Crippen molar-refractivity contribution >= 4 is 5.91 Å². The number of nitrogens with zero attached hydrogens (tertiary/aromatic N) is 2. The van der Waals surface area contributed by atoms with Crippen molar-refractivity contribution in [1.82, 2.24) is 9.80 Å². The second kappa shape index (κ2) is 8.37. The standard InChI is InChI=1S/C20H32N2O3/c1-15(2)19-12-18(16(3)25-19)20(23)22-10-7-11-24-17(14-22)13-21-8-5-4-6-9-21/h12,15,17H,4-11,13-14H2,1-3H3. The van der Waals surface area contributed by atoms with E-state index in [4.69, 9.17) is 9.15 Å². The number of carbonyl (C=O) groups is 1. The lowest BCUT2D eigenvalue weighted by Gasteiger charge is -2.31. The summed E-state index contributed by atoms with van der Waals surface area (Å²) in [5, 5.41) is 0. The van der Waals surface area contributed by atoms with Crippen LogP contribution in [0.5, 0.6) is 0 Å². The number of rotatable bonds is 4. The molecule has 0 bridgehead atoms. The zero-order chi connectivity index (χ0) is 17.8. The Bertz CT molecular complexity index is 575. The summed E-state index contributed by atoms with van der Waals surface area (Å²) < 4.78 is 11.8. The topological polar surface area (TPSA) is 45.9 Å². The molecule has 1 amide bonds. The normalized spacial score (nSPS) is 23.0. The Morgan fingerprint density at radius 2 is 1.96 bits per heavy atom. The van der Waals surface area contributed by atoms with Gasteiger partial charge in [-0.3, -0.25) is 4.79 Å². The van der Waals surface area contributed by atoms with E-state index >= 15 is 0 Å². The molecule has 3 heterocycles. The quantitative estimate of drug-likeness (QED) is 0.836. The molecule has 2 aliphatic heterocycles. The fourth-order valence-electron chi connectivity index (χ4n) is 3.79. The second-order valence-corrected chi connectivity index (χ2v) is 7.73. The predicted molar refractivity (Wildman–Crippen MR) is 98.1 cm³/mol. The number of amides is 1. The number of piperidine rings is 1. The highest BCUT2D eigenvalue weighted by Crippen LogP contribution is 2.24. The third-order valence-corrected chi connectivity index (χ3v) is 5.28. The molecule has 1 unspecified atom stereocenters. The average molecular weight is 348 g/mol. The van der Waals surface area contributed by atoms with Crippen LogP contribution in [0.1, 0.15) is 67.3 Å². The van der Waals surface area contributed by atoms with Gasteiger partial charge in [0, 0.05) is 32.2 Å². The van der Waals surface area contributed by atoms with Gasteiger partial charge < -0.3 is 19.0 Å². The maximum Gasteiger partial charge on any atom is 0.257 e. The summed E-state index contributed by atoms with van der Waals surface area (Å²) in [6.07, 6.45) is 4.91. The molecule has 1 atom stereocenters. The molecule has 1 aromatic heterocycles. The van der Waals surface area contributed by atoms with Crippen LogP contribution in [0.25, 0.3) is 0 Å². The van der Waals surface area contributed by atoms with E-state index in [2.05, 4.69) is 18.7 Å². The van der Waals surface area contributed by atoms with Crippen LogP contribution in [0.4, 0.5) is 0 Å². The molecule has 0 aromatic carbocycles. The molecule has 5 heteroatoms. The van der Waals surface area contributed by atoms with Gasteiger partial charge in [-0.2, -0.15) is 0 Å². The lowest BCUT2D eigenvalue weighted by atomic mass is 10.1. The number of hydrogen-bond acceptors (Lipinski definition) is 4. The molecular weight excluding hydrogens is 316 g/mol. The fraction of sp³-hybridized carbons (Fsp3) is 0.750. The SMILES string of the molecule is Cc1oc(C(C)C)cc1C(=O)N1CCCOC(CN2CCCCC2)C1. The minimum absolute atomic E-state index is 0.0855. The Kier molecular flexibility index (Phi) is 6.18. The molecule has 1 aromatic rings. The lowest BCUT2D eigenvalue weighted by molar-refractivity contribution is 0.0216. The van der Waals surface area contributed by atoms with Crippen LogP contribution >= 0.6 is 0 Å². The third kappa shape index (κ3) is 4.64. The molecule has 5 nitrogen and oxygen atoms in total. The molecule has 0 saturated carbocycles. The van der Waals surface area contributed by atoms with E-state index in [9.17, 15) is 4.79 Å². The smallest absolute Gasteiger partial charge is 0.257 e. The Labute approximate surface area is 151 Å².